The monoisotopic (exact) mass is 222 g/mol. The number of fused-ring (bicyclic) bond motifs is 1. The summed E-state index contributed by atoms with van der Waals surface area (Å²) in [7, 11) is 0. The molecule has 1 aliphatic carbocycles. The summed E-state index contributed by atoms with van der Waals surface area (Å²) in [6.07, 6.45) is 4.35. The van der Waals surface area contributed by atoms with Gasteiger partial charge in [-0.1, -0.05) is 48.5 Å². The van der Waals surface area contributed by atoms with Gasteiger partial charge in [-0.15, -0.1) is 0 Å². The standard InChI is InChI=1S/C16H14O/c17-16-11-4-3-9-15(16)14-10-5-7-12-6-1-2-8-13(12)14/h1-4,6,8-11,17H,5,7H2. The fourth-order valence-electron chi connectivity index (χ4n) is 2.44. The van der Waals surface area contributed by atoms with E-state index in [4.69, 9.17) is 0 Å². The number of phenols is 1. The average Bonchev–Trinajstić information content (AvgIpc) is 2.39. The van der Waals surface area contributed by atoms with Crippen molar-refractivity contribution in [2.24, 2.45) is 0 Å². The maximum atomic E-state index is 9.95. The largest absolute Gasteiger partial charge is 0.507 e. The van der Waals surface area contributed by atoms with Gasteiger partial charge in [0.1, 0.15) is 5.75 Å². The second kappa shape index (κ2) is 4.10. The molecule has 0 saturated carbocycles. The molecule has 0 aliphatic heterocycles. The predicted octanol–water partition coefficient (Wildman–Crippen LogP) is 3.77. The van der Waals surface area contributed by atoms with E-state index >= 15 is 0 Å². The zero-order valence-corrected chi connectivity index (χ0v) is 9.56. The van der Waals surface area contributed by atoms with Crippen molar-refractivity contribution in [3.63, 3.8) is 0 Å². The molecular weight excluding hydrogens is 208 g/mol. The highest BCUT2D eigenvalue weighted by molar-refractivity contribution is 5.84. The number of hydrogen-bond acceptors (Lipinski definition) is 1. The lowest BCUT2D eigenvalue weighted by Crippen LogP contribution is -2.00. The molecule has 0 fully saturated rings. The highest BCUT2D eigenvalue weighted by atomic mass is 16.3. The van der Waals surface area contributed by atoms with Crippen LogP contribution in [-0.4, -0.2) is 5.11 Å². The molecule has 2 aromatic carbocycles. The minimum Gasteiger partial charge on any atom is -0.507 e. The number of para-hydroxylation sites is 1. The SMILES string of the molecule is Oc1ccccc1C1=CCCc2ccccc21. The minimum absolute atomic E-state index is 0.357. The summed E-state index contributed by atoms with van der Waals surface area (Å²) in [6.45, 7) is 0. The molecule has 0 spiro atoms. The van der Waals surface area contributed by atoms with Crippen molar-refractivity contribution in [3.05, 3.63) is 71.3 Å². The summed E-state index contributed by atoms with van der Waals surface area (Å²) in [5, 5.41) is 9.95. The quantitative estimate of drug-likeness (QED) is 0.778. The first-order valence-corrected chi connectivity index (χ1v) is 5.93. The van der Waals surface area contributed by atoms with Gasteiger partial charge in [-0.2, -0.15) is 0 Å². The molecule has 1 nitrogen and oxygen atoms in total. The van der Waals surface area contributed by atoms with E-state index in [1.807, 2.05) is 18.2 Å². The molecule has 0 heterocycles. The van der Waals surface area contributed by atoms with E-state index in [2.05, 4.69) is 30.3 Å². The van der Waals surface area contributed by atoms with E-state index in [1.165, 1.54) is 11.1 Å². The third-order valence-electron chi connectivity index (χ3n) is 3.26. The highest BCUT2D eigenvalue weighted by Gasteiger charge is 2.15. The topological polar surface area (TPSA) is 20.2 Å². The first-order valence-electron chi connectivity index (χ1n) is 5.93. The molecule has 2 aromatic rings. The molecule has 3 rings (SSSR count). The fourth-order valence-corrected chi connectivity index (χ4v) is 2.44. The van der Waals surface area contributed by atoms with Crippen molar-refractivity contribution >= 4 is 5.57 Å². The van der Waals surface area contributed by atoms with Gasteiger partial charge < -0.3 is 5.11 Å². The van der Waals surface area contributed by atoms with Gasteiger partial charge in [-0.3, -0.25) is 0 Å². The van der Waals surface area contributed by atoms with Crippen molar-refractivity contribution in [2.45, 2.75) is 12.8 Å². The molecule has 0 saturated heterocycles. The van der Waals surface area contributed by atoms with E-state index in [0.717, 1.165) is 24.0 Å². The van der Waals surface area contributed by atoms with Gasteiger partial charge in [0, 0.05) is 5.56 Å². The summed E-state index contributed by atoms with van der Waals surface area (Å²) < 4.78 is 0. The Labute approximate surface area is 101 Å². The van der Waals surface area contributed by atoms with Gasteiger partial charge in [0.25, 0.3) is 0 Å². The van der Waals surface area contributed by atoms with Crippen LogP contribution in [0.5, 0.6) is 5.75 Å². The molecule has 1 heteroatoms. The van der Waals surface area contributed by atoms with E-state index < -0.39 is 0 Å². The summed E-state index contributed by atoms with van der Waals surface area (Å²) in [5.41, 5.74) is 4.71. The molecule has 0 atom stereocenters. The third kappa shape index (κ3) is 1.74. The normalized spacial score (nSPS) is 14.0. The van der Waals surface area contributed by atoms with Gasteiger partial charge in [0.05, 0.1) is 0 Å². The Hall–Kier alpha value is -2.02. The van der Waals surface area contributed by atoms with Crippen LogP contribution in [0.25, 0.3) is 5.57 Å². The van der Waals surface area contributed by atoms with Gasteiger partial charge in [0.2, 0.25) is 0 Å². The predicted molar refractivity (Wildman–Crippen MR) is 69.9 cm³/mol. The lowest BCUT2D eigenvalue weighted by atomic mass is 9.87. The summed E-state index contributed by atoms with van der Waals surface area (Å²) in [5.74, 6) is 0.357. The Bertz CT molecular complexity index is 582. The minimum atomic E-state index is 0.357. The van der Waals surface area contributed by atoms with Crippen LogP contribution in [0.4, 0.5) is 0 Å². The van der Waals surface area contributed by atoms with E-state index in [9.17, 15) is 5.11 Å². The van der Waals surface area contributed by atoms with Gasteiger partial charge in [-0.25, -0.2) is 0 Å². The van der Waals surface area contributed by atoms with Gasteiger partial charge in [0.15, 0.2) is 0 Å². The Morgan fingerprint density at radius 1 is 0.824 bits per heavy atom. The number of hydrogen-bond donors (Lipinski definition) is 1. The zero-order valence-electron chi connectivity index (χ0n) is 9.56. The van der Waals surface area contributed by atoms with Crippen molar-refractivity contribution < 1.29 is 5.11 Å². The van der Waals surface area contributed by atoms with E-state index in [-0.39, 0.29) is 0 Å². The van der Waals surface area contributed by atoms with E-state index in [1.54, 1.807) is 6.07 Å². The molecule has 0 bridgehead atoms. The van der Waals surface area contributed by atoms with Crippen LogP contribution in [0.3, 0.4) is 0 Å². The van der Waals surface area contributed by atoms with Crippen LogP contribution < -0.4 is 0 Å². The lowest BCUT2D eigenvalue weighted by molar-refractivity contribution is 0.473. The van der Waals surface area contributed by atoms with E-state index in [0.29, 0.717) is 5.75 Å². The molecule has 0 amide bonds. The van der Waals surface area contributed by atoms with Crippen LogP contribution in [0.15, 0.2) is 54.6 Å². The summed E-state index contributed by atoms with van der Waals surface area (Å²) in [4.78, 5) is 0. The molecule has 1 N–H and O–H groups in total. The number of benzene rings is 2. The molecule has 0 aromatic heterocycles. The average molecular weight is 222 g/mol. The maximum Gasteiger partial charge on any atom is 0.123 e. The smallest absolute Gasteiger partial charge is 0.123 e. The second-order valence-corrected chi connectivity index (χ2v) is 4.33. The fraction of sp³-hybridized carbons (Fsp3) is 0.125. The Morgan fingerprint density at radius 2 is 1.53 bits per heavy atom. The van der Waals surface area contributed by atoms with Crippen molar-refractivity contribution in [2.75, 3.05) is 0 Å². The zero-order chi connectivity index (χ0) is 11.7. The van der Waals surface area contributed by atoms with Gasteiger partial charge >= 0.3 is 0 Å². The Kier molecular flexibility index (Phi) is 2.45. The third-order valence-corrected chi connectivity index (χ3v) is 3.26. The van der Waals surface area contributed by atoms with Crippen molar-refractivity contribution in [1.82, 2.24) is 0 Å². The Morgan fingerprint density at radius 3 is 2.35 bits per heavy atom. The summed E-state index contributed by atoms with van der Waals surface area (Å²) in [6, 6.07) is 16.0. The maximum absolute atomic E-state index is 9.95. The van der Waals surface area contributed by atoms with Crippen molar-refractivity contribution in [1.29, 1.82) is 0 Å². The number of phenolic OH excluding ortho intramolecular Hbond substituents is 1. The first kappa shape index (κ1) is 10.2. The molecule has 0 radical (unpaired) electrons. The highest BCUT2D eigenvalue weighted by Crippen LogP contribution is 2.35. The van der Waals surface area contributed by atoms with Crippen LogP contribution in [0, 0.1) is 0 Å². The lowest BCUT2D eigenvalue weighted by Gasteiger charge is -2.18. The number of rotatable bonds is 1. The van der Waals surface area contributed by atoms with Crippen LogP contribution in [0.1, 0.15) is 23.1 Å². The Balaban J connectivity index is 2.17. The van der Waals surface area contributed by atoms with Crippen LogP contribution in [-0.2, 0) is 6.42 Å². The molecule has 84 valence electrons. The van der Waals surface area contributed by atoms with Crippen molar-refractivity contribution in [3.8, 4) is 5.75 Å². The van der Waals surface area contributed by atoms with Crippen LogP contribution >= 0.6 is 0 Å². The summed E-state index contributed by atoms with van der Waals surface area (Å²) >= 11 is 0. The molecule has 17 heavy (non-hydrogen) atoms. The van der Waals surface area contributed by atoms with Gasteiger partial charge in [-0.05, 0) is 35.6 Å². The first-order chi connectivity index (χ1) is 8.36. The molecule has 0 unspecified atom stereocenters. The number of aromatic hydroxyl groups is 1. The molecule has 1 aliphatic rings. The molecular formula is C16H14O. The van der Waals surface area contributed by atoms with Crippen LogP contribution in [0.2, 0.25) is 0 Å². The second-order valence-electron chi connectivity index (χ2n) is 4.33. The number of aryl methyl sites for hydroxylation is 1. The number of allylic oxidation sites excluding steroid dienone is 1.